The summed E-state index contributed by atoms with van der Waals surface area (Å²) in [5.74, 6) is 0.120. The normalized spacial score (nSPS) is 17.1. The first-order valence-electron chi connectivity index (χ1n) is 8.72. The maximum absolute atomic E-state index is 12.7. The number of nitrogens with zero attached hydrogens (tertiary/aromatic N) is 2. The van der Waals surface area contributed by atoms with Crippen molar-refractivity contribution in [3.8, 4) is 0 Å². The van der Waals surface area contributed by atoms with Gasteiger partial charge in [-0.2, -0.15) is 0 Å². The number of benzene rings is 1. The number of rotatable bonds is 6. The van der Waals surface area contributed by atoms with Crippen LogP contribution in [-0.4, -0.2) is 49.4 Å². The van der Waals surface area contributed by atoms with E-state index in [-0.39, 0.29) is 17.9 Å². The maximum Gasteiger partial charge on any atom is 0.227 e. The number of amides is 2. The smallest absolute Gasteiger partial charge is 0.227 e. The van der Waals surface area contributed by atoms with Crippen LogP contribution in [-0.2, 0) is 16.0 Å². The molecule has 1 atom stereocenters. The Morgan fingerprint density at radius 3 is 2.62 bits per heavy atom. The monoisotopic (exact) mass is 331 g/mol. The van der Waals surface area contributed by atoms with Crippen molar-refractivity contribution in [3.63, 3.8) is 0 Å². The molecule has 1 N–H and O–H groups in total. The zero-order valence-corrected chi connectivity index (χ0v) is 15.2. The molecular formula is C19H29N3O2. The Hall–Kier alpha value is -1.88. The molecule has 5 nitrogen and oxygen atoms in total. The van der Waals surface area contributed by atoms with Crippen LogP contribution in [0, 0.1) is 0 Å². The van der Waals surface area contributed by atoms with Gasteiger partial charge in [0.25, 0.3) is 0 Å². The fourth-order valence-corrected chi connectivity index (χ4v) is 3.09. The molecule has 24 heavy (non-hydrogen) atoms. The van der Waals surface area contributed by atoms with Crippen LogP contribution in [0.3, 0.4) is 0 Å². The van der Waals surface area contributed by atoms with Gasteiger partial charge in [-0.25, -0.2) is 0 Å². The van der Waals surface area contributed by atoms with Gasteiger partial charge in [-0.1, -0.05) is 18.2 Å². The Bertz CT molecular complexity index is 584. The lowest BCUT2D eigenvalue weighted by Crippen LogP contribution is -2.48. The Labute approximate surface area is 145 Å². The van der Waals surface area contributed by atoms with Crippen LogP contribution in [0.4, 0.5) is 5.69 Å². The van der Waals surface area contributed by atoms with Crippen molar-refractivity contribution in [2.45, 2.75) is 51.6 Å². The molecule has 0 aromatic heterocycles. The molecule has 1 aliphatic rings. The number of nitrogens with one attached hydrogen (secondary N) is 1. The highest BCUT2D eigenvalue weighted by Gasteiger charge is 2.28. The summed E-state index contributed by atoms with van der Waals surface area (Å²) >= 11 is 0. The van der Waals surface area contributed by atoms with Crippen molar-refractivity contribution >= 4 is 17.5 Å². The first kappa shape index (κ1) is 18.5. The molecule has 2 amide bonds. The van der Waals surface area contributed by atoms with E-state index in [0.717, 1.165) is 12.1 Å². The number of carbonyl (C=O) groups excluding carboxylic acids is 2. The molecule has 2 rings (SSSR count). The van der Waals surface area contributed by atoms with Gasteiger partial charge in [0.15, 0.2) is 0 Å². The molecule has 0 bridgehead atoms. The fraction of sp³-hybridized carbons (Fsp3) is 0.579. The van der Waals surface area contributed by atoms with Gasteiger partial charge in [-0.15, -0.1) is 0 Å². The Morgan fingerprint density at radius 2 is 1.96 bits per heavy atom. The van der Waals surface area contributed by atoms with Gasteiger partial charge in [0.2, 0.25) is 11.8 Å². The molecule has 1 heterocycles. The third-order valence-electron chi connectivity index (χ3n) is 4.41. The van der Waals surface area contributed by atoms with E-state index in [0.29, 0.717) is 31.8 Å². The Kier molecular flexibility index (Phi) is 6.37. The number of fused-ring (bicyclic) bond motifs is 1. The quantitative estimate of drug-likeness (QED) is 0.869. The van der Waals surface area contributed by atoms with E-state index in [2.05, 4.69) is 30.4 Å². The highest BCUT2D eigenvalue weighted by Crippen LogP contribution is 2.29. The molecule has 0 unspecified atom stereocenters. The van der Waals surface area contributed by atoms with Crippen molar-refractivity contribution in [2.75, 3.05) is 25.5 Å². The van der Waals surface area contributed by atoms with Crippen LogP contribution in [0.1, 0.15) is 38.7 Å². The average Bonchev–Trinajstić information content (AvgIpc) is 2.52. The highest BCUT2D eigenvalue weighted by atomic mass is 16.2. The summed E-state index contributed by atoms with van der Waals surface area (Å²) in [5.41, 5.74) is 2.24. The second-order valence-corrected chi connectivity index (χ2v) is 7.03. The molecule has 132 valence electrons. The maximum atomic E-state index is 12.7. The molecular weight excluding hydrogens is 302 g/mol. The topological polar surface area (TPSA) is 52.7 Å². The van der Waals surface area contributed by atoms with Gasteiger partial charge in [0, 0.05) is 37.2 Å². The molecule has 1 aliphatic heterocycles. The van der Waals surface area contributed by atoms with Crippen LogP contribution < -0.4 is 10.2 Å². The molecule has 0 aliphatic carbocycles. The van der Waals surface area contributed by atoms with Gasteiger partial charge >= 0.3 is 0 Å². The van der Waals surface area contributed by atoms with E-state index in [1.807, 2.05) is 36.9 Å². The predicted octanol–water partition coefficient (Wildman–Crippen LogP) is 2.20. The first-order chi connectivity index (χ1) is 11.4. The lowest BCUT2D eigenvalue weighted by molar-refractivity contribution is -0.122. The molecule has 1 aromatic rings. The van der Waals surface area contributed by atoms with Crippen LogP contribution in [0.5, 0.6) is 0 Å². The van der Waals surface area contributed by atoms with Gasteiger partial charge in [0.1, 0.15) is 0 Å². The van der Waals surface area contributed by atoms with Crippen LogP contribution in [0.25, 0.3) is 0 Å². The lowest BCUT2D eigenvalue weighted by Gasteiger charge is -2.37. The van der Waals surface area contributed by atoms with Crippen molar-refractivity contribution in [3.05, 3.63) is 29.8 Å². The third-order valence-corrected chi connectivity index (χ3v) is 4.41. The largest absolute Gasteiger partial charge is 0.354 e. The minimum atomic E-state index is 0.0167. The number of hydrogen-bond donors (Lipinski definition) is 1. The van der Waals surface area contributed by atoms with Crippen molar-refractivity contribution in [1.82, 2.24) is 10.2 Å². The zero-order valence-electron chi connectivity index (χ0n) is 15.2. The summed E-state index contributed by atoms with van der Waals surface area (Å²) < 4.78 is 0. The summed E-state index contributed by atoms with van der Waals surface area (Å²) in [6.45, 7) is 4.59. The van der Waals surface area contributed by atoms with Gasteiger partial charge in [-0.3, -0.25) is 9.59 Å². The number of likely N-dealkylation sites (N-methyl/N-ethyl adjacent to an activating group) is 1. The zero-order chi connectivity index (χ0) is 17.7. The summed E-state index contributed by atoms with van der Waals surface area (Å²) in [6.07, 6.45) is 2.35. The van der Waals surface area contributed by atoms with Gasteiger partial charge in [-0.05, 0) is 52.4 Å². The Morgan fingerprint density at radius 1 is 1.25 bits per heavy atom. The summed E-state index contributed by atoms with van der Waals surface area (Å²) in [6, 6.07) is 8.59. The number of carbonyl (C=O) groups is 2. The minimum Gasteiger partial charge on any atom is -0.354 e. The molecule has 0 saturated carbocycles. The SMILES string of the molecule is CC(C)NC(=O)CCCC(=O)N1C[C@H](N(C)C)Cc2ccccc21. The fourth-order valence-electron chi connectivity index (χ4n) is 3.09. The Balaban J connectivity index is 1.99. The summed E-state index contributed by atoms with van der Waals surface area (Å²) in [7, 11) is 4.11. The van der Waals surface area contributed by atoms with Crippen LogP contribution >= 0.6 is 0 Å². The number of para-hydroxylation sites is 1. The highest BCUT2D eigenvalue weighted by molar-refractivity contribution is 5.95. The van der Waals surface area contributed by atoms with Crippen LogP contribution in [0.15, 0.2) is 24.3 Å². The summed E-state index contributed by atoms with van der Waals surface area (Å²) in [4.78, 5) is 28.5. The first-order valence-corrected chi connectivity index (χ1v) is 8.72. The second-order valence-electron chi connectivity index (χ2n) is 7.03. The predicted molar refractivity (Wildman–Crippen MR) is 97.1 cm³/mol. The van der Waals surface area contributed by atoms with Crippen molar-refractivity contribution in [2.24, 2.45) is 0 Å². The summed E-state index contributed by atoms with van der Waals surface area (Å²) in [5, 5.41) is 2.86. The molecule has 0 saturated heterocycles. The van der Waals surface area contributed by atoms with E-state index in [9.17, 15) is 9.59 Å². The van der Waals surface area contributed by atoms with Crippen molar-refractivity contribution in [1.29, 1.82) is 0 Å². The minimum absolute atomic E-state index is 0.0167. The molecule has 0 fully saturated rings. The molecule has 1 aromatic carbocycles. The number of hydrogen-bond acceptors (Lipinski definition) is 3. The molecule has 5 heteroatoms. The van der Waals surface area contributed by atoms with E-state index in [1.54, 1.807) is 0 Å². The molecule has 0 radical (unpaired) electrons. The third kappa shape index (κ3) is 4.81. The second kappa shape index (κ2) is 8.29. The van der Waals surface area contributed by atoms with Crippen molar-refractivity contribution < 1.29 is 9.59 Å². The van der Waals surface area contributed by atoms with Gasteiger partial charge < -0.3 is 15.1 Å². The van der Waals surface area contributed by atoms with E-state index >= 15 is 0 Å². The molecule has 0 spiro atoms. The van der Waals surface area contributed by atoms with E-state index < -0.39 is 0 Å². The van der Waals surface area contributed by atoms with Crippen LogP contribution in [0.2, 0.25) is 0 Å². The van der Waals surface area contributed by atoms with E-state index in [1.165, 1.54) is 5.56 Å². The van der Waals surface area contributed by atoms with E-state index in [4.69, 9.17) is 0 Å². The average molecular weight is 331 g/mol. The van der Waals surface area contributed by atoms with Gasteiger partial charge in [0.05, 0.1) is 0 Å². The lowest BCUT2D eigenvalue weighted by atomic mass is 9.96. The standard InChI is InChI=1S/C19H29N3O2/c1-14(2)20-18(23)10-7-11-19(24)22-13-16(21(3)4)12-15-8-5-6-9-17(15)22/h5-6,8-9,14,16H,7,10-13H2,1-4H3,(H,20,23)/t16-/m1/s1. The number of anilines is 1.